The van der Waals surface area contributed by atoms with Crippen molar-refractivity contribution >= 4 is 55.0 Å². The molecule has 3 aromatic rings. The number of likely N-dealkylation sites (N-methyl/N-ethyl adjacent to an activating group) is 1. The first kappa shape index (κ1) is 33.9. The van der Waals surface area contributed by atoms with Crippen molar-refractivity contribution in [2.75, 3.05) is 71.6 Å². The van der Waals surface area contributed by atoms with Crippen molar-refractivity contribution in [2.45, 2.75) is 18.7 Å². The minimum absolute atomic E-state index is 0. The van der Waals surface area contributed by atoms with Crippen LogP contribution in [0.5, 0.6) is 0 Å². The third-order valence-electron chi connectivity index (χ3n) is 6.24. The van der Waals surface area contributed by atoms with E-state index in [0.717, 1.165) is 30.5 Å². The molecule has 0 spiro atoms. The topological polar surface area (TPSA) is 92.3 Å². The van der Waals surface area contributed by atoms with Gasteiger partial charge in [-0.15, -0.1) is 12.4 Å². The lowest BCUT2D eigenvalue weighted by Gasteiger charge is -2.25. The van der Waals surface area contributed by atoms with Crippen LogP contribution in [0.15, 0.2) is 41.3 Å². The molecule has 0 aliphatic heterocycles. The highest BCUT2D eigenvalue weighted by Gasteiger charge is 2.26. The number of amides is 1. The van der Waals surface area contributed by atoms with E-state index >= 15 is 0 Å². The Labute approximate surface area is 244 Å². The van der Waals surface area contributed by atoms with E-state index < -0.39 is 27.6 Å². The van der Waals surface area contributed by atoms with Crippen molar-refractivity contribution in [3.8, 4) is 0 Å². The predicted molar refractivity (Wildman–Crippen MR) is 155 cm³/mol. The predicted octanol–water partition coefficient (Wildman–Crippen LogP) is 4.27. The standard InChI is InChI=1S/C26H34F2N4O5S2.ClH/c1-5-30(6-2)11-12-32(26-29-24-22(28)17-20(27)18-23(24)38-26)25(33)19-7-9-21(10-8-19)39(34,35)31(13-15-36-3)14-16-37-4;/h7-10,17-18H,5-6,11-16H2,1-4H3;1H. The molecule has 0 unspecified atom stereocenters. The molecule has 222 valence electrons. The minimum atomic E-state index is -3.86. The molecule has 0 saturated heterocycles. The Hall–Kier alpha value is -2.26. The number of methoxy groups -OCH3 is 2. The Morgan fingerprint density at radius 1 is 0.950 bits per heavy atom. The zero-order valence-electron chi connectivity index (χ0n) is 22.9. The molecule has 0 bridgehead atoms. The highest BCUT2D eigenvalue weighted by Crippen LogP contribution is 2.32. The molecule has 1 aromatic heterocycles. The van der Waals surface area contributed by atoms with Crippen molar-refractivity contribution in [3.63, 3.8) is 0 Å². The molecule has 0 fully saturated rings. The zero-order valence-corrected chi connectivity index (χ0v) is 25.4. The number of hydrogen-bond donors (Lipinski definition) is 0. The van der Waals surface area contributed by atoms with Gasteiger partial charge in [-0.2, -0.15) is 4.31 Å². The molecule has 1 amide bonds. The van der Waals surface area contributed by atoms with Gasteiger partial charge >= 0.3 is 0 Å². The maximum Gasteiger partial charge on any atom is 0.260 e. The highest BCUT2D eigenvalue weighted by atomic mass is 35.5. The van der Waals surface area contributed by atoms with Crippen molar-refractivity contribution in [1.29, 1.82) is 0 Å². The molecule has 0 aliphatic rings. The summed E-state index contributed by atoms with van der Waals surface area (Å²) in [6.45, 7) is 7.08. The van der Waals surface area contributed by atoms with E-state index in [9.17, 15) is 22.0 Å². The highest BCUT2D eigenvalue weighted by molar-refractivity contribution is 7.89. The number of nitrogens with zero attached hydrogens (tertiary/aromatic N) is 4. The van der Waals surface area contributed by atoms with Gasteiger partial charge in [0.15, 0.2) is 10.9 Å². The van der Waals surface area contributed by atoms with Gasteiger partial charge in [0.05, 0.1) is 22.8 Å². The second-order valence-electron chi connectivity index (χ2n) is 8.63. The van der Waals surface area contributed by atoms with E-state index in [2.05, 4.69) is 9.88 Å². The molecule has 0 saturated carbocycles. The van der Waals surface area contributed by atoms with Crippen LogP contribution in [0.2, 0.25) is 0 Å². The Kier molecular flexibility index (Phi) is 13.3. The fraction of sp³-hybridized carbons (Fsp3) is 0.462. The Morgan fingerprint density at radius 2 is 1.55 bits per heavy atom. The van der Waals surface area contributed by atoms with E-state index in [-0.39, 0.29) is 71.1 Å². The molecule has 0 aliphatic carbocycles. The molecule has 0 radical (unpaired) electrons. The molecule has 0 N–H and O–H groups in total. The molecular formula is C26H35ClF2N4O5S2. The van der Waals surface area contributed by atoms with Crippen LogP contribution in [0.1, 0.15) is 24.2 Å². The quantitative estimate of drug-likeness (QED) is 0.251. The summed E-state index contributed by atoms with van der Waals surface area (Å²) in [6.07, 6.45) is 0. The van der Waals surface area contributed by atoms with Crippen LogP contribution >= 0.6 is 23.7 Å². The summed E-state index contributed by atoms with van der Waals surface area (Å²) in [5.74, 6) is -1.95. The number of rotatable bonds is 15. The van der Waals surface area contributed by atoms with Crippen LogP contribution in [0.3, 0.4) is 0 Å². The van der Waals surface area contributed by atoms with Gasteiger partial charge in [-0.25, -0.2) is 22.2 Å². The third-order valence-corrected chi connectivity index (χ3v) is 9.18. The molecule has 9 nitrogen and oxygen atoms in total. The van der Waals surface area contributed by atoms with Gasteiger partial charge in [0, 0.05) is 52.0 Å². The molecule has 14 heteroatoms. The number of halogens is 3. The largest absolute Gasteiger partial charge is 0.383 e. The van der Waals surface area contributed by atoms with Crippen LogP contribution < -0.4 is 4.90 Å². The van der Waals surface area contributed by atoms with Crippen molar-refractivity contribution in [1.82, 2.24) is 14.2 Å². The Bertz CT molecular complexity index is 1350. The van der Waals surface area contributed by atoms with Gasteiger partial charge in [0.2, 0.25) is 10.0 Å². The Balaban J connectivity index is 0.00000560. The first-order valence-corrected chi connectivity index (χ1v) is 14.8. The molecule has 40 heavy (non-hydrogen) atoms. The fourth-order valence-corrected chi connectivity index (χ4v) is 6.38. The number of hydrogen-bond acceptors (Lipinski definition) is 8. The number of benzene rings is 2. The number of carbonyl (C=O) groups is 1. The maximum atomic E-state index is 14.4. The van der Waals surface area contributed by atoms with Crippen LogP contribution in [0.25, 0.3) is 10.2 Å². The van der Waals surface area contributed by atoms with Crippen LogP contribution in [-0.2, 0) is 19.5 Å². The van der Waals surface area contributed by atoms with Gasteiger partial charge in [-0.3, -0.25) is 9.69 Å². The lowest BCUT2D eigenvalue weighted by molar-refractivity contribution is 0.0983. The first-order valence-electron chi connectivity index (χ1n) is 12.5. The number of anilines is 1. The fourth-order valence-electron chi connectivity index (χ4n) is 3.94. The van der Waals surface area contributed by atoms with E-state index in [1.807, 2.05) is 13.8 Å². The number of fused-ring (bicyclic) bond motifs is 1. The Morgan fingerprint density at radius 3 is 2.10 bits per heavy atom. The lowest BCUT2D eigenvalue weighted by atomic mass is 10.2. The molecule has 3 rings (SSSR count). The van der Waals surface area contributed by atoms with Gasteiger partial charge in [-0.1, -0.05) is 25.2 Å². The van der Waals surface area contributed by atoms with Crippen molar-refractivity contribution < 1.29 is 31.5 Å². The monoisotopic (exact) mass is 620 g/mol. The number of carbonyl (C=O) groups excluding carboxylic acids is 1. The van der Waals surface area contributed by atoms with Crippen molar-refractivity contribution in [3.05, 3.63) is 53.6 Å². The molecule has 1 heterocycles. The number of aromatic nitrogens is 1. The van der Waals surface area contributed by atoms with Crippen LogP contribution in [0, 0.1) is 11.6 Å². The van der Waals surface area contributed by atoms with E-state index in [4.69, 9.17) is 9.47 Å². The summed E-state index contributed by atoms with van der Waals surface area (Å²) < 4.78 is 66.2. The third kappa shape index (κ3) is 8.15. The van der Waals surface area contributed by atoms with Gasteiger partial charge in [0.1, 0.15) is 11.3 Å². The lowest BCUT2D eigenvalue weighted by Crippen LogP contribution is -2.39. The summed E-state index contributed by atoms with van der Waals surface area (Å²) >= 11 is 1.02. The van der Waals surface area contributed by atoms with E-state index in [1.165, 1.54) is 53.8 Å². The second kappa shape index (κ2) is 15.7. The van der Waals surface area contributed by atoms with Crippen molar-refractivity contribution in [2.24, 2.45) is 0 Å². The molecule has 2 aromatic carbocycles. The van der Waals surface area contributed by atoms with Crippen LogP contribution in [0.4, 0.5) is 13.9 Å². The SMILES string of the molecule is CCN(CC)CCN(C(=O)c1ccc(S(=O)(=O)N(CCOC)CCOC)cc1)c1nc2c(F)cc(F)cc2s1.Cl. The number of thiazole rings is 1. The zero-order chi connectivity index (χ0) is 28.6. The molecule has 0 atom stereocenters. The first-order chi connectivity index (χ1) is 18.7. The average molecular weight is 621 g/mol. The van der Waals surface area contributed by atoms with Crippen LogP contribution in [-0.4, -0.2) is 95.2 Å². The van der Waals surface area contributed by atoms with E-state index in [1.54, 1.807) is 0 Å². The summed E-state index contributed by atoms with van der Waals surface area (Å²) in [7, 11) is -0.881. The van der Waals surface area contributed by atoms with E-state index in [0.29, 0.717) is 6.54 Å². The van der Waals surface area contributed by atoms with Gasteiger partial charge in [-0.05, 0) is 43.4 Å². The summed E-state index contributed by atoms with van der Waals surface area (Å²) in [5.41, 5.74) is 0.227. The summed E-state index contributed by atoms with van der Waals surface area (Å²) in [4.78, 5) is 21.5. The second-order valence-corrected chi connectivity index (χ2v) is 11.6. The summed E-state index contributed by atoms with van der Waals surface area (Å²) in [5, 5.41) is 0.230. The average Bonchev–Trinajstić information content (AvgIpc) is 3.35. The summed E-state index contributed by atoms with van der Waals surface area (Å²) in [6, 6.07) is 7.59. The smallest absolute Gasteiger partial charge is 0.260 e. The minimum Gasteiger partial charge on any atom is -0.383 e. The molecular weight excluding hydrogens is 586 g/mol. The normalized spacial score (nSPS) is 11.8. The number of ether oxygens (including phenoxy) is 2. The van der Waals surface area contributed by atoms with Gasteiger partial charge in [0.25, 0.3) is 5.91 Å². The maximum absolute atomic E-state index is 14.4. The number of sulfonamides is 1. The van der Waals surface area contributed by atoms with Gasteiger partial charge < -0.3 is 14.4 Å².